The first-order chi connectivity index (χ1) is 14.2. The largest absolute Gasteiger partial charge is 0.494 e. The first kappa shape index (κ1) is 19.5. The Labute approximate surface area is 172 Å². The Hall–Kier alpha value is -2.85. The molecule has 1 N–H and O–H groups in total. The molecule has 1 fully saturated rings. The highest BCUT2D eigenvalue weighted by atomic mass is 16.5. The number of anilines is 1. The van der Waals surface area contributed by atoms with Gasteiger partial charge in [0.1, 0.15) is 5.75 Å². The number of hydrogen-bond acceptors (Lipinski definition) is 3. The third-order valence-electron chi connectivity index (χ3n) is 5.62. The van der Waals surface area contributed by atoms with Gasteiger partial charge in [-0.2, -0.15) is 0 Å². The van der Waals surface area contributed by atoms with Gasteiger partial charge in [-0.15, -0.1) is 0 Å². The Morgan fingerprint density at radius 2 is 1.79 bits per heavy atom. The minimum absolute atomic E-state index is 0.0694. The fourth-order valence-corrected chi connectivity index (χ4v) is 4.08. The number of nitrogens with one attached hydrogen (secondary N) is 1. The van der Waals surface area contributed by atoms with Crippen LogP contribution < -0.4 is 10.1 Å². The lowest BCUT2D eigenvalue weighted by atomic mass is 9.95. The van der Waals surface area contributed by atoms with Gasteiger partial charge in [0, 0.05) is 23.5 Å². The third-order valence-corrected chi connectivity index (χ3v) is 5.62. The summed E-state index contributed by atoms with van der Waals surface area (Å²) in [5.41, 5.74) is 2.16. The molecule has 4 nitrogen and oxygen atoms in total. The lowest BCUT2D eigenvalue weighted by Crippen LogP contribution is -2.37. The number of nitrogens with zero attached hydrogens (tertiary/aromatic N) is 1. The van der Waals surface area contributed by atoms with Crippen LogP contribution >= 0.6 is 0 Å². The Morgan fingerprint density at radius 1 is 1.03 bits per heavy atom. The van der Waals surface area contributed by atoms with E-state index in [1.54, 1.807) is 0 Å². The van der Waals surface area contributed by atoms with Crippen molar-refractivity contribution < 1.29 is 9.53 Å². The van der Waals surface area contributed by atoms with Crippen molar-refractivity contribution in [2.24, 2.45) is 5.92 Å². The summed E-state index contributed by atoms with van der Waals surface area (Å²) in [4.78, 5) is 15.3. The van der Waals surface area contributed by atoms with E-state index >= 15 is 0 Å². The highest BCUT2D eigenvalue weighted by Crippen LogP contribution is 2.26. The van der Waals surface area contributed by atoms with Gasteiger partial charge in [0.15, 0.2) is 0 Å². The lowest BCUT2D eigenvalue weighted by Gasteiger charge is -2.31. The number of fused-ring (bicyclic) bond motifs is 1. The zero-order valence-electron chi connectivity index (χ0n) is 16.9. The molecule has 29 heavy (non-hydrogen) atoms. The molecular weight excluding hydrogens is 360 g/mol. The van der Waals surface area contributed by atoms with E-state index in [1.807, 2.05) is 43.3 Å². The van der Waals surface area contributed by atoms with Crippen molar-refractivity contribution in [3.8, 4) is 5.75 Å². The molecule has 1 amide bonds. The molecule has 0 spiro atoms. The Kier molecular flexibility index (Phi) is 6.11. The molecule has 0 bridgehead atoms. The fourth-order valence-electron chi connectivity index (χ4n) is 4.08. The highest BCUT2D eigenvalue weighted by Gasteiger charge is 2.25. The predicted molar refractivity (Wildman–Crippen MR) is 118 cm³/mol. The zero-order chi connectivity index (χ0) is 20.1. The topological polar surface area (TPSA) is 41.6 Å². The minimum Gasteiger partial charge on any atom is -0.494 e. The lowest BCUT2D eigenvalue weighted by molar-refractivity contribution is -0.121. The number of amides is 1. The van der Waals surface area contributed by atoms with Gasteiger partial charge in [-0.1, -0.05) is 48.5 Å². The second-order valence-corrected chi connectivity index (χ2v) is 7.65. The fraction of sp³-hybridized carbons (Fsp3) is 0.320. The Bertz CT molecular complexity index is 972. The van der Waals surface area contributed by atoms with Crippen LogP contribution in [0.4, 0.5) is 5.69 Å². The molecule has 0 radical (unpaired) electrons. The standard InChI is InChI=1S/C25H28N2O2/c1-2-29-22-10-5-7-19(17-22)18-27-15-13-21(14-16-27)25(28)26-24-12-6-9-20-8-3-4-11-23(20)24/h3-12,17,21H,2,13-16,18H2,1H3,(H,26,28). The van der Waals surface area contributed by atoms with E-state index in [9.17, 15) is 4.79 Å². The van der Waals surface area contributed by atoms with Crippen LogP contribution in [0.2, 0.25) is 0 Å². The zero-order valence-corrected chi connectivity index (χ0v) is 16.9. The van der Waals surface area contributed by atoms with Gasteiger partial charge in [-0.05, 0) is 62.0 Å². The second-order valence-electron chi connectivity index (χ2n) is 7.65. The summed E-state index contributed by atoms with van der Waals surface area (Å²) in [6.45, 7) is 5.46. The molecule has 1 aliphatic rings. The predicted octanol–water partition coefficient (Wildman–Crippen LogP) is 5.09. The number of carbonyl (C=O) groups is 1. The summed E-state index contributed by atoms with van der Waals surface area (Å²) in [7, 11) is 0. The van der Waals surface area contributed by atoms with Crippen molar-refractivity contribution in [1.82, 2.24) is 4.90 Å². The van der Waals surface area contributed by atoms with Gasteiger partial charge in [-0.3, -0.25) is 9.69 Å². The van der Waals surface area contributed by atoms with Gasteiger partial charge >= 0.3 is 0 Å². The quantitative estimate of drug-likeness (QED) is 0.640. The molecule has 3 aromatic rings. The van der Waals surface area contributed by atoms with Gasteiger partial charge in [-0.25, -0.2) is 0 Å². The molecule has 0 saturated carbocycles. The average molecular weight is 389 g/mol. The maximum absolute atomic E-state index is 12.8. The molecule has 1 saturated heterocycles. The van der Waals surface area contributed by atoms with E-state index in [0.717, 1.165) is 54.7 Å². The van der Waals surface area contributed by atoms with E-state index in [-0.39, 0.29) is 11.8 Å². The second kappa shape index (κ2) is 9.10. The number of likely N-dealkylation sites (tertiary alicyclic amines) is 1. The molecule has 0 unspecified atom stereocenters. The van der Waals surface area contributed by atoms with Crippen LogP contribution in [0, 0.1) is 5.92 Å². The molecule has 150 valence electrons. The number of rotatable bonds is 6. The summed E-state index contributed by atoms with van der Waals surface area (Å²) < 4.78 is 5.60. The van der Waals surface area contributed by atoms with Crippen molar-refractivity contribution in [2.45, 2.75) is 26.3 Å². The molecule has 0 aliphatic carbocycles. The van der Waals surface area contributed by atoms with Crippen LogP contribution in [0.3, 0.4) is 0 Å². The van der Waals surface area contributed by atoms with E-state index in [4.69, 9.17) is 4.74 Å². The summed E-state index contributed by atoms with van der Waals surface area (Å²) >= 11 is 0. The molecule has 3 aromatic carbocycles. The first-order valence-electron chi connectivity index (χ1n) is 10.5. The number of carbonyl (C=O) groups excluding carboxylic acids is 1. The van der Waals surface area contributed by atoms with Crippen molar-refractivity contribution in [3.05, 3.63) is 72.3 Å². The molecule has 1 heterocycles. The number of hydrogen-bond donors (Lipinski definition) is 1. The van der Waals surface area contributed by atoms with E-state index in [0.29, 0.717) is 6.61 Å². The molecule has 0 atom stereocenters. The normalized spacial score (nSPS) is 15.3. The molecule has 1 aliphatic heterocycles. The maximum atomic E-state index is 12.8. The van der Waals surface area contributed by atoms with E-state index in [2.05, 4.69) is 40.5 Å². The number of piperidine rings is 1. The smallest absolute Gasteiger partial charge is 0.227 e. The molecule has 4 heteroatoms. The van der Waals surface area contributed by atoms with Crippen molar-refractivity contribution in [2.75, 3.05) is 25.0 Å². The highest BCUT2D eigenvalue weighted by molar-refractivity contribution is 6.02. The molecule has 4 rings (SSSR count). The van der Waals surface area contributed by atoms with Crippen molar-refractivity contribution in [3.63, 3.8) is 0 Å². The average Bonchev–Trinajstić information content (AvgIpc) is 2.75. The SMILES string of the molecule is CCOc1cccc(CN2CCC(C(=O)Nc3cccc4ccccc34)CC2)c1. The third kappa shape index (κ3) is 4.77. The van der Waals surface area contributed by atoms with Gasteiger partial charge in [0.2, 0.25) is 5.91 Å². The number of benzene rings is 3. The Balaban J connectivity index is 1.33. The van der Waals surface area contributed by atoms with Crippen LogP contribution in [0.5, 0.6) is 5.75 Å². The van der Waals surface area contributed by atoms with Gasteiger partial charge in [0.25, 0.3) is 0 Å². The van der Waals surface area contributed by atoms with Crippen molar-refractivity contribution >= 4 is 22.4 Å². The van der Waals surface area contributed by atoms with Crippen LogP contribution in [-0.2, 0) is 11.3 Å². The molecule has 0 aromatic heterocycles. The van der Waals surface area contributed by atoms with Crippen LogP contribution in [0.25, 0.3) is 10.8 Å². The summed E-state index contributed by atoms with van der Waals surface area (Å²) in [5, 5.41) is 5.41. The molecular formula is C25H28N2O2. The number of ether oxygens (including phenoxy) is 1. The summed E-state index contributed by atoms with van der Waals surface area (Å²) in [6, 6.07) is 22.5. The van der Waals surface area contributed by atoms with Crippen LogP contribution in [0.15, 0.2) is 66.7 Å². The van der Waals surface area contributed by atoms with Crippen LogP contribution in [-0.4, -0.2) is 30.5 Å². The summed E-state index contributed by atoms with van der Waals surface area (Å²) in [5.74, 6) is 1.13. The van der Waals surface area contributed by atoms with Crippen molar-refractivity contribution in [1.29, 1.82) is 0 Å². The van der Waals surface area contributed by atoms with Gasteiger partial charge in [0.05, 0.1) is 6.61 Å². The maximum Gasteiger partial charge on any atom is 0.227 e. The summed E-state index contributed by atoms with van der Waals surface area (Å²) in [6.07, 6.45) is 1.78. The Morgan fingerprint density at radius 3 is 2.62 bits per heavy atom. The van der Waals surface area contributed by atoms with E-state index in [1.165, 1.54) is 5.56 Å². The monoisotopic (exact) mass is 388 g/mol. The first-order valence-corrected chi connectivity index (χ1v) is 10.5. The van der Waals surface area contributed by atoms with Crippen LogP contribution in [0.1, 0.15) is 25.3 Å². The minimum atomic E-state index is 0.0694. The van der Waals surface area contributed by atoms with Gasteiger partial charge < -0.3 is 10.1 Å². The van der Waals surface area contributed by atoms with E-state index < -0.39 is 0 Å².